The molecule has 1 aromatic rings. The molecular formula is C12H14N2O4. The van der Waals surface area contributed by atoms with Crippen molar-refractivity contribution in [2.45, 2.75) is 13.3 Å². The Balaban J connectivity index is 2.14. The van der Waals surface area contributed by atoms with Crippen molar-refractivity contribution in [2.24, 2.45) is 11.8 Å². The predicted molar refractivity (Wildman–Crippen MR) is 65.8 cm³/mol. The highest BCUT2D eigenvalue weighted by Gasteiger charge is 2.32. The molecule has 2 unspecified atom stereocenters. The van der Waals surface area contributed by atoms with Crippen LogP contribution in [0.4, 0.5) is 11.4 Å². The van der Waals surface area contributed by atoms with E-state index >= 15 is 0 Å². The van der Waals surface area contributed by atoms with Crippen LogP contribution in [0.15, 0.2) is 18.2 Å². The average molecular weight is 250 g/mol. The molecule has 0 heterocycles. The number of nitro benzene ring substituents is 1. The topological polar surface area (TPSA) is 92.5 Å². The number of nitrogens with one attached hydrogen (secondary N) is 1. The highest BCUT2D eigenvalue weighted by molar-refractivity contribution is 5.93. The second-order valence-electron chi connectivity index (χ2n) is 4.65. The van der Waals surface area contributed by atoms with Gasteiger partial charge in [-0.15, -0.1) is 0 Å². The number of carboxylic acid groups (broad SMARTS) is 1. The lowest BCUT2D eigenvalue weighted by Gasteiger charge is -2.06. The Morgan fingerprint density at radius 1 is 1.61 bits per heavy atom. The Kier molecular flexibility index (Phi) is 3.18. The number of aromatic carboxylic acids is 1. The molecule has 6 heteroatoms. The summed E-state index contributed by atoms with van der Waals surface area (Å²) in [5, 5.41) is 22.7. The van der Waals surface area contributed by atoms with Gasteiger partial charge in [0.15, 0.2) is 0 Å². The number of hydrogen-bond donors (Lipinski definition) is 2. The van der Waals surface area contributed by atoms with Gasteiger partial charge in [0.1, 0.15) is 5.56 Å². The van der Waals surface area contributed by atoms with E-state index in [2.05, 4.69) is 12.2 Å². The van der Waals surface area contributed by atoms with E-state index < -0.39 is 10.9 Å². The van der Waals surface area contributed by atoms with Crippen LogP contribution in [-0.2, 0) is 0 Å². The molecule has 2 atom stereocenters. The molecule has 1 aliphatic rings. The van der Waals surface area contributed by atoms with Gasteiger partial charge in [0.2, 0.25) is 0 Å². The summed E-state index contributed by atoms with van der Waals surface area (Å²) >= 11 is 0. The second kappa shape index (κ2) is 4.64. The fourth-order valence-electron chi connectivity index (χ4n) is 1.91. The summed E-state index contributed by atoms with van der Waals surface area (Å²) in [5.41, 5.74) is -0.0567. The van der Waals surface area contributed by atoms with Crippen molar-refractivity contribution in [3.63, 3.8) is 0 Å². The van der Waals surface area contributed by atoms with Crippen LogP contribution >= 0.6 is 0 Å². The Labute approximate surface area is 104 Å². The number of nitrogens with zero attached hydrogens (tertiary/aromatic N) is 1. The van der Waals surface area contributed by atoms with E-state index in [0.29, 0.717) is 17.5 Å². The zero-order valence-electron chi connectivity index (χ0n) is 9.92. The van der Waals surface area contributed by atoms with Gasteiger partial charge in [0, 0.05) is 18.3 Å². The van der Waals surface area contributed by atoms with Crippen molar-refractivity contribution in [2.75, 3.05) is 11.9 Å². The summed E-state index contributed by atoms with van der Waals surface area (Å²) < 4.78 is 0. The molecule has 1 aliphatic carbocycles. The molecule has 0 aromatic heterocycles. The third kappa shape index (κ3) is 2.58. The van der Waals surface area contributed by atoms with E-state index in [1.165, 1.54) is 24.6 Å². The number of rotatable bonds is 5. The molecule has 1 aromatic carbocycles. The van der Waals surface area contributed by atoms with Crippen LogP contribution < -0.4 is 5.32 Å². The molecule has 1 saturated carbocycles. The van der Waals surface area contributed by atoms with E-state index in [1.807, 2.05) is 0 Å². The molecule has 0 radical (unpaired) electrons. The molecule has 0 spiro atoms. The van der Waals surface area contributed by atoms with Gasteiger partial charge in [-0.25, -0.2) is 4.79 Å². The molecule has 6 nitrogen and oxygen atoms in total. The maximum absolute atomic E-state index is 10.9. The van der Waals surface area contributed by atoms with Crippen LogP contribution in [-0.4, -0.2) is 22.5 Å². The van der Waals surface area contributed by atoms with Crippen LogP contribution in [0.3, 0.4) is 0 Å². The highest BCUT2D eigenvalue weighted by Crippen LogP contribution is 2.37. The van der Waals surface area contributed by atoms with Crippen LogP contribution in [0.1, 0.15) is 23.7 Å². The number of benzene rings is 1. The van der Waals surface area contributed by atoms with E-state index in [0.717, 1.165) is 6.54 Å². The van der Waals surface area contributed by atoms with E-state index in [1.54, 1.807) is 0 Å². The first-order chi connectivity index (χ1) is 8.49. The number of hydrogen-bond acceptors (Lipinski definition) is 4. The van der Waals surface area contributed by atoms with Gasteiger partial charge in [-0.05, 0) is 30.4 Å². The minimum Gasteiger partial charge on any atom is -0.477 e. The van der Waals surface area contributed by atoms with E-state index in [4.69, 9.17) is 5.11 Å². The Morgan fingerprint density at radius 2 is 2.28 bits per heavy atom. The number of nitro groups is 1. The van der Waals surface area contributed by atoms with Crippen molar-refractivity contribution in [1.82, 2.24) is 0 Å². The highest BCUT2D eigenvalue weighted by atomic mass is 16.6. The van der Waals surface area contributed by atoms with Gasteiger partial charge < -0.3 is 10.4 Å². The van der Waals surface area contributed by atoms with Gasteiger partial charge >= 0.3 is 5.97 Å². The zero-order valence-corrected chi connectivity index (χ0v) is 9.92. The summed E-state index contributed by atoms with van der Waals surface area (Å²) in [6.45, 7) is 2.93. The molecule has 0 amide bonds. The first kappa shape index (κ1) is 12.3. The largest absolute Gasteiger partial charge is 0.477 e. The molecule has 2 N–H and O–H groups in total. The minimum atomic E-state index is -1.29. The van der Waals surface area contributed by atoms with Crippen LogP contribution in [0, 0.1) is 22.0 Å². The van der Waals surface area contributed by atoms with Crippen molar-refractivity contribution < 1.29 is 14.8 Å². The molecule has 1 fully saturated rings. The van der Waals surface area contributed by atoms with E-state index in [9.17, 15) is 14.9 Å². The van der Waals surface area contributed by atoms with Crippen molar-refractivity contribution in [1.29, 1.82) is 0 Å². The lowest BCUT2D eigenvalue weighted by Crippen LogP contribution is -2.07. The number of anilines is 1. The quantitative estimate of drug-likeness (QED) is 0.618. The monoisotopic (exact) mass is 250 g/mol. The fourth-order valence-corrected chi connectivity index (χ4v) is 1.91. The van der Waals surface area contributed by atoms with Crippen LogP contribution in [0.2, 0.25) is 0 Å². The standard InChI is InChI=1S/C12H14N2O4/c1-7-4-8(7)6-13-9-2-3-11(14(17)18)10(5-9)12(15)16/h2-3,5,7-8,13H,4,6H2,1H3,(H,15,16). The van der Waals surface area contributed by atoms with Gasteiger partial charge in [-0.1, -0.05) is 6.92 Å². The molecule has 18 heavy (non-hydrogen) atoms. The predicted octanol–water partition coefficient (Wildman–Crippen LogP) is 2.36. The number of carbonyl (C=O) groups is 1. The zero-order chi connectivity index (χ0) is 13.3. The Bertz CT molecular complexity index is 501. The molecule has 0 bridgehead atoms. The number of carboxylic acids is 1. The van der Waals surface area contributed by atoms with E-state index in [-0.39, 0.29) is 11.3 Å². The van der Waals surface area contributed by atoms with Gasteiger partial charge in [-0.3, -0.25) is 10.1 Å². The molecular weight excluding hydrogens is 236 g/mol. The summed E-state index contributed by atoms with van der Waals surface area (Å²) in [5.74, 6) is 0.0353. The van der Waals surface area contributed by atoms with Gasteiger partial charge in [0.25, 0.3) is 5.69 Å². The summed E-state index contributed by atoms with van der Waals surface area (Å²) in [4.78, 5) is 20.9. The maximum atomic E-state index is 10.9. The SMILES string of the molecule is CC1CC1CNc1ccc([N+](=O)[O-])c(C(=O)O)c1. The minimum absolute atomic E-state index is 0.283. The smallest absolute Gasteiger partial charge is 0.342 e. The maximum Gasteiger partial charge on any atom is 0.342 e. The average Bonchev–Trinajstić information content (AvgIpc) is 3.02. The molecule has 2 rings (SSSR count). The third-order valence-electron chi connectivity index (χ3n) is 3.27. The lowest BCUT2D eigenvalue weighted by atomic mass is 10.1. The molecule has 0 aliphatic heterocycles. The van der Waals surface area contributed by atoms with Crippen LogP contribution in [0.5, 0.6) is 0 Å². The van der Waals surface area contributed by atoms with Gasteiger partial charge in [-0.2, -0.15) is 0 Å². The van der Waals surface area contributed by atoms with Crippen molar-refractivity contribution in [3.05, 3.63) is 33.9 Å². The van der Waals surface area contributed by atoms with Crippen molar-refractivity contribution in [3.8, 4) is 0 Å². The first-order valence-electron chi connectivity index (χ1n) is 5.74. The van der Waals surface area contributed by atoms with Crippen molar-refractivity contribution >= 4 is 17.3 Å². The third-order valence-corrected chi connectivity index (χ3v) is 3.27. The summed E-state index contributed by atoms with van der Waals surface area (Å²) in [7, 11) is 0. The molecule has 0 saturated heterocycles. The summed E-state index contributed by atoms with van der Waals surface area (Å²) in [6.07, 6.45) is 1.17. The van der Waals surface area contributed by atoms with Crippen LogP contribution in [0.25, 0.3) is 0 Å². The Morgan fingerprint density at radius 3 is 2.78 bits per heavy atom. The molecule has 96 valence electrons. The van der Waals surface area contributed by atoms with Gasteiger partial charge in [0.05, 0.1) is 4.92 Å². The lowest BCUT2D eigenvalue weighted by molar-refractivity contribution is -0.385. The Hall–Kier alpha value is -2.11. The summed E-state index contributed by atoms with van der Waals surface area (Å²) in [6, 6.07) is 4.08. The second-order valence-corrected chi connectivity index (χ2v) is 4.65. The fraction of sp³-hybridized carbons (Fsp3) is 0.417. The first-order valence-corrected chi connectivity index (χ1v) is 5.74. The normalized spacial score (nSPS) is 21.4.